The first kappa shape index (κ1) is 23.0. The molecule has 0 saturated carbocycles. The van der Waals surface area contributed by atoms with E-state index < -0.39 is 0 Å². The highest BCUT2D eigenvalue weighted by molar-refractivity contribution is 5.88. The Morgan fingerprint density at radius 3 is 2.47 bits per heavy atom. The first-order chi connectivity index (χ1) is 16.5. The van der Waals surface area contributed by atoms with E-state index in [1.807, 2.05) is 36.4 Å². The smallest absolute Gasteiger partial charge is 0.260 e. The Hall–Kier alpha value is -4.14. The molecule has 3 aromatic rings. The number of benzene rings is 2. The fourth-order valence-corrected chi connectivity index (χ4v) is 3.78. The van der Waals surface area contributed by atoms with Crippen LogP contribution < -0.4 is 19.7 Å². The second kappa shape index (κ2) is 10.7. The molecule has 2 amide bonds. The van der Waals surface area contributed by atoms with E-state index in [0.29, 0.717) is 37.6 Å². The lowest BCUT2D eigenvalue weighted by molar-refractivity contribution is -0.133. The number of rotatable bonds is 7. The maximum absolute atomic E-state index is 12.6. The largest absolute Gasteiger partial charge is 0.496 e. The standard InChI is InChI=1S/C25H27N5O4/c1-18(31)26-19-6-5-7-20(16-19)34-17-25(32)30-14-12-29(13-15-30)24-11-10-22(27-28-24)21-8-3-4-9-23(21)33-2/h3-11,16H,12-15,17H2,1-2H3,(H,26,31). The molecule has 9 nitrogen and oxygen atoms in total. The molecule has 176 valence electrons. The van der Waals surface area contributed by atoms with Crippen molar-refractivity contribution in [2.45, 2.75) is 6.92 Å². The van der Waals surface area contributed by atoms with E-state index in [0.717, 1.165) is 22.8 Å². The Bertz CT molecular complexity index is 1140. The Morgan fingerprint density at radius 2 is 1.76 bits per heavy atom. The third kappa shape index (κ3) is 5.61. The molecule has 0 atom stereocenters. The van der Waals surface area contributed by atoms with Crippen molar-refractivity contribution in [2.24, 2.45) is 0 Å². The Balaban J connectivity index is 1.29. The third-order valence-corrected chi connectivity index (χ3v) is 5.51. The fraction of sp³-hybridized carbons (Fsp3) is 0.280. The number of amides is 2. The van der Waals surface area contributed by atoms with Crippen LogP contribution in [-0.4, -0.2) is 66.8 Å². The summed E-state index contributed by atoms with van der Waals surface area (Å²) in [7, 11) is 1.63. The molecule has 2 heterocycles. The lowest BCUT2D eigenvalue weighted by Crippen LogP contribution is -2.50. The van der Waals surface area contributed by atoms with Gasteiger partial charge in [-0.25, -0.2) is 0 Å². The van der Waals surface area contributed by atoms with Gasteiger partial charge >= 0.3 is 0 Å². The van der Waals surface area contributed by atoms with E-state index in [4.69, 9.17) is 9.47 Å². The molecular formula is C25H27N5O4. The van der Waals surface area contributed by atoms with Crippen LogP contribution in [0.1, 0.15) is 6.92 Å². The van der Waals surface area contributed by atoms with Crippen LogP contribution in [0.25, 0.3) is 11.3 Å². The van der Waals surface area contributed by atoms with Gasteiger partial charge in [-0.15, -0.1) is 10.2 Å². The molecule has 4 rings (SSSR count). The Kier molecular flexibility index (Phi) is 7.22. The number of hydrogen-bond acceptors (Lipinski definition) is 7. The van der Waals surface area contributed by atoms with Crippen molar-refractivity contribution in [3.63, 3.8) is 0 Å². The summed E-state index contributed by atoms with van der Waals surface area (Å²) >= 11 is 0. The zero-order valence-electron chi connectivity index (χ0n) is 19.2. The van der Waals surface area contributed by atoms with Gasteiger partial charge in [0, 0.05) is 50.4 Å². The minimum absolute atomic E-state index is 0.0586. The number of para-hydroxylation sites is 1. The van der Waals surface area contributed by atoms with Gasteiger partial charge in [-0.2, -0.15) is 0 Å². The van der Waals surface area contributed by atoms with Crippen molar-refractivity contribution < 1.29 is 19.1 Å². The number of carbonyl (C=O) groups excluding carboxylic acids is 2. The molecule has 0 bridgehead atoms. The number of hydrogen-bond donors (Lipinski definition) is 1. The van der Waals surface area contributed by atoms with Crippen molar-refractivity contribution in [3.8, 4) is 22.8 Å². The summed E-state index contributed by atoms with van der Waals surface area (Å²) < 4.78 is 11.0. The molecule has 1 aliphatic rings. The van der Waals surface area contributed by atoms with Gasteiger partial charge in [0.15, 0.2) is 12.4 Å². The van der Waals surface area contributed by atoms with Crippen molar-refractivity contribution in [2.75, 3.05) is 50.1 Å². The Morgan fingerprint density at radius 1 is 0.971 bits per heavy atom. The molecule has 1 fully saturated rings. The molecule has 34 heavy (non-hydrogen) atoms. The van der Waals surface area contributed by atoms with Gasteiger partial charge in [-0.05, 0) is 36.4 Å². The van der Waals surface area contributed by atoms with Gasteiger partial charge in [-0.1, -0.05) is 18.2 Å². The van der Waals surface area contributed by atoms with E-state index >= 15 is 0 Å². The van der Waals surface area contributed by atoms with Crippen molar-refractivity contribution >= 4 is 23.3 Å². The second-order valence-electron chi connectivity index (χ2n) is 7.84. The first-order valence-corrected chi connectivity index (χ1v) is 11.0. The van der Waals surface area contributed by atoms with Crippen LogP contribution in [0.15, 0.2) is 60.7 Å². The monoisotopic (exact) mass is 461 g/mol. The van der Waals surface area contributed by atoms with Crippen LogP contribution in [0.3, 0.4) is 0 Å². The molecule has 1 saturated heterocycles. The number of carbonyl (C=O) groups is 2. The normalized spacial score (nSPS) is 13.4. The van der Waals surface area contributed by atoms with Crippen molar-refractivity contribution in [3.05, 3.63) is 60.7 Å². The van der Waals surface area contributed by atoms with Gasteiger partial charge < -0.3 is 24.6 Å². The van der Waals surface area contributed by atoms with Crippen LogP contribution in [0, 0.1) is 0 Å². The number of anilines is 2. The molecular weight excluding hydrogens is 434 g/mol. The second-order valence-corrected chi connectivity index (χ2v) is 7.84. The number of nitrogens with zero attached hydrogens (tertiary/aromatic N) is 4. The van der Waals surface area contributed by atoms with Crippen LogP contribution in [-0.2, 0) is 9.59 Å². The lowest BCUT2D eigenvalue weighted by atomic mass is 10.1. The molecule has 0 unspecified atom stereocenters. The number of nitrogens with one attached hydrogen (secondary N) is 1. The summed E-state index contributed by atoms with van der Waals surface area (Å²) in [6.45, 7) is 3.85. The van der Waals surface area contributed by atoms with Crippen molar-refractivity contribution in [1.82, 2.24) is 15.1 Å². The highest BCUT2D eigenvalue weighted by Crippen LogP contribution is 2.28. The van der Waals surface area contributed by atoms with E-state index in [2.05, 4.69) is 20.4 Å². The Labute approximate surface area is 198 Å². The minimum atomic E-state index is -0.162. The molecule has 2 aromatic carbocycles. The van der Waals surface area contributed by atoms with Crippen LogP contribution in [0.4, 0.5) is 11.5 Å². The predicted octanol–water partition coefficient (Wildman–Crippen LogP) is 2.84. The van der Waals surface area contributed by atoms with E-state index in [9.17, 15) is 9.59 Å². The number of ether oxygens (including phenoxy) is 2. The van der Waals surface area contributed by atoms with Crippen LogP contribution in [0.5, 0.6) is 11.5 Å². The lowest BCUT2D eigenvalue weighted by Gasteiger charge is -2.35. The first-order valence-electron chi connectivity index (χ1n) is 11.0. The van der Waals surface area contributed by atoms with E-state index in [1.165, 1.54) is 6.92 Å². The van der Waals surface area contributed by atoms with Gasteiger partial charge in [0.1, 0.15) is 11.5 Å². The summed E-state index contributed by atoms with van der Waals surface area (Å²) in [4.78, 5) is 27.7. The molecule has 0 spiro atoms. The molecule has 1 N–H and O–H groups in total. The van der Waals surface area contributed by atoms with Gasteiger partial charge in [0.2, 0.25) is 5.91 Å². The van der Waals surface area contributed by atoms with Gasteiger partial charge in [-0.3, -0.25) is 9.59 Å². The summed E-state index contributed by atoms with van der Waals surface area (Å²) in [5.41, 5.74) is 2.26. The number of aromatic nitrogens is 2. The summed E-state index contributed by atoms with van der Waals surface area (Å²) in [6, 6.07) is 18.6. The van der Waals surface area contributed by atoms with Gasteiger partial charge in [0.05, 0.1) is 12.8 Å². The molecule has 9 heteroatoms. The predicted molar refractivity (Wildman–Crippen MR) is 129 cm³/mol. The number of methoxy groups -OCH3 is 1. The highest BCUT2D eigenvalue weighted by atomic mass is 16.5. The molecule has 0 aliphatic carbocycles. The van der Waals surface area contributed by atoms with E-state index in [-0.39, 0.29) is 18.4 Å². The van der Waals surface area contributed by atoms with Crippen LogP contribution >= 0.6 is 0 Å². The van der Waals surface area contributed by atoms with Gasteiger partial charge in [0.25, 0.3) is 5.91 Å². The molecule has 1 aromatic heterocycles. The third-order valence-electron chi connectivity index (χ3n) is 5.51. The van der Waals surface area contributed by atoms with Crippen molar-refractivity contribution in [1.29, 1.82) is 0 Å². The topological polar surface area (TPSA) is 96.9 Å². The summed E-state index contributed by atoms with van der Waals surface area (Å²) in [6.07, 6.45) is 0. The van der Waals surface area contributed by atoms with E-state index in [1.54, 1.807) is 36.3 Å². The SMILES string of the molecule is COc1ccccc1-c1ccc(N2CCN(C(=O)COc3cccc(NC(C)=O)c3)CC2)nn1. The maximum atomic E-state index is 12.6. The highest BCUT2D eigenvalue weighted by Gasteiger charge is 2.22. The zero-order valence-corrected chi connectivity index (χ0v) is 19.2. The maximum Gasteiger partial charge on any atom is 0.260 e. The fourth-order valence-electron chi connectivity index (χ4n) is 3.78. The average molecular weight is 462 g/mol. The number of piperazine rings is 1. The van der Waals surface area contributed by atoms with Crippen LogP contribution in [0.2, 0.25) is 0 Å². The summed E-state index contributed by atoms with van der Waals surface area (Å²) in [5.74, 6) is 1.81. The molecule has 0 radical (unpaired) electrons. The molecule has 1 aliphatic heterocycles. The quantitative estimate of drug-likeness (QED) is 0.578. The summed E-state index contributed by atoms with van der Waals surface area (Å²) in [5, 5.41) is 11.5. The zero-order chi connectivity index (χ0) is 23.9. The minimum Gasteiger partial charge on any atom is -0.496 e. The average Bonchev–Trinajstić information content (AvgIpc) is 2.87.